The molecule has 1 unspecified atom stereocenters. The van der Waals surface area contributed by atoms with Gasteiger partial charge in [0.05, 0.1) is 24.8 Å². The molecule has 234 valence electrons. The van der Waals surface area contributed by atoms with Gasteiger partial charge in [-0.15, -0.1) is 10.2 Å². The second kappa shape index (κ2) is 15.4. The first-order valence-corrected chi connectivity index (χ1v) is 17.0. The summed E-state index contributed by atoms with van der Waals surface area (Å²) >= 11 is 8.70. The zero-order chi connectivity index (χ0) is 31.8. The van der Waals surface area contributed by atoms with Crippen molar-refractivity contribution in [3.8, 4) is 11.5 Å². The summed E-state index contributed by atoms with van der Waals surface area (Å²) in [6.07, 6.45) is 3.89. The maximum Gasteiger partial charge on any atom is 0.301 e. The summed E-state index contributed by atoms with van der Waals surface area (Å²) in [5, 5.41) is 21.0. The summed E-state index contributed by atoms with van der Waals surface area (Å²) in [6.45, 7) is 5.37. The van der Waals surface area contributed by atoms with Gasteiger partial charge in [0.15, 0.2) is 4.34 Å². The fourth-order valence-electron chi connectivity index (χ4n) is 4.71. The molecule has 1 amide bonds. The first kappa shape index (κ1) is 32.5. The molecule has 1 atom stereocenters. The predicted octanol–water partition coefficient (Wildman–Crippen LogP) is 8.47. The van der Waals surface area contributed by atoms with Crippen LogP contribution in [0.4, 0.5) is 5.13 Å². The topological polar surface area (TPSA) is 102 Å². The minimum atomic E-state index is -0.919. The maximum atomic E-state index is 13.6. The average Bonchev–Trinajstić information content (AvgIpc) is 3.63. The first-order valence-electron chi connectivity index (χ1n) is 14.9. The summed E-state index contributed by atoms with van der Waals surface area (Å²) in [5.41, 5.74) is 2.06. The molecule has 1 aliphatic rings. The Labute approximate surface area is 276 Å². The molecule has 1 saturated heterocycles. The van der Waals surface area contributed by atoms with Crippen LogP contribution in [0.25, 0.3) is 5.76 Å². The van der Waals surface area contributed by atoms with Gasteiger partial charge in [-0.05, 0) is 72.5 Å². The summed E-state index contributed by atoms with van der Waals surface area (Å²) in [7, 11) is 0. The molecule has 5 rings (SSSR count). The number of thioether (sulfide) groups is 1. The second-order valence-corrected chi connectivity index (χ2v) is 13.0. The molecule has 1 aliphatic heterocycles. The zero-order valence-corrected chi connectivity index (χ0v) is 27.5. The van der Waals surface area contributed by atoms with Gasteiger partial charge >= 0.3 is 5.91 Å². The molecule has 0 saturated carbocycles. The fraction of sp³-hybridized carbons (Fsp3) is 0.294. The van der Waals surface area contributed by atoms with Crippen LogP contribution in [0.2, 0.25) is 5.02 Å². The normalized spacial score (nSPS) is 15.9. The SMILES string of the molecule is CCCCOc1ccc(/C(O)=C2/C(=O)C(=O)N(c3nnc(SCc4ccc(Cl)cc4)s3)C2c2ccc(OCCCC)cc2)cc1. The van der Waals surface area contributed by atoms with E-state index in [1.54, 1.807) is 48.5 Å². The van der Waals surface area contributed by atoms with Crippen LogP contribution in [0.1, 0.15) is 62.3 Å². The number of nitrogens with zero attached hydrogens (tertiary/aromatic N) is 3. The number of anilines is 1. The highest BCUT2D eigenvalue weighted by Gasteiger charge is 2.48. The van der Waals surface area contributed by atoms with Crippen molar-refractivity contribution in [3.63, 3.8) is 0 Å². The van der Waals surface area contributed by atoms with E-state index < -0.39 is 17.7 Å². The number of carbonyl (C=O) groups is 2. The van der Waals surface area contributed by atoms with Gasteiger partial charge in [-0.3, -0.25) is 14.5 Å². The van der Waals surface area contributed by atoms with Crippen LogP contribution >= 0.6 is 34.7 Å². The van der Waals surface area contributed by atoms with Gasteiger partial charge in [-0.25, -0.2) is 0 Å². The molecular weight excluding hydrogens is 630 g/mol. The van der Waals surface area contributed by atoms with Gasteiger partial charge in [-0.1, -0.05) is 85.7 Å². The lowest BCUT2D eigenvalue weighted by Crippen LogP contribution is -2.29. The number of aliphatic hydroxyl groups is 1. The molecule has 11 heteroatoms. The van der Waals surface area contributed by atoms with Crippen LogP contribution in [0, 0.1) is 0 Å². The quantitative estimate of drug-likeness (QED) is 0.0358. The molecule has 1 aromatic heterocycles. The summed E-state index contributed by atoms with van der Waals surface area (Å²) in [6, 6.07) is 20.7. The number of aromatic nitrogens is 2. The van der Waals surface area contributed by atoms with Gasteiger partial charge in [0.1, 0.15) is 17.3 Å². The number of Topliss-reactive ketones (excluding diaryl/α,β-unsaturated/α-hetero) is 1. The number of amides is 1. The van der Waals surface area contributed by atoms with Crippen LogP contribution < -0.4 is 14.4 Å². The predicted molar refractivity (Wildman–Crippen MR) is 179 cm³/mol. The summed E-state index contributed by atoms with van der Waals surface area (Å²) in [4.78, 5) is 28.5. The van der Waals surface area contributed by atoms with E-state index in [1.165, 1.54) is 28.0 Å². The Balaban J connectivity index is 1.47. The summed E-state index contributed by atoms with van der Waals surface area (Å²) in [5.74, 6) is 0.120. The van der Waals surface area contributed by atoms with Crippen molar-refractivity contribution in [1.82, 2.24) is 10.2 Å². The van der Waals surface area contributed by atoms with Crippen molar-refractivity contribution < 1.29 is 24.2 Å². The van der Waals surface area contributed by atoms with Gasteiger partial charge in [0.25, 0.3) is 5.78 Å². The Bertz CT molecular complexity index is 1640. The highest BCUT2D eigenvalue weighted by atomic mass is 35.5. The van der Waals surface area contributed by atoms with E-state index in [2.05, 4.69) is 24.0 Å². The van der Waals surface area contributed by atoms with Crippen molar-refractivity contribution in [2.75, 3.05) is 18.1 Å². The molecule has 1 N–H and O–H groups in total. The van der Waals surface area contributed by atoms with E-state index >= 15 is 0 Å². The molecule has 8 nitrogen and oxygen atoms in total. The lowest BCUT2D eigenvalue weighted by atomic mass is 9.95. The lowest BCUT2D eigenvalue weighted by molar-refractivity contribution is -0.132. The highest BCUT2D eigenvalue weighted by Crippen LogP contribution is 2.44. The number of unbranched alkanes of at least 4 members (excludes halogenated alkanes) is 2. The summed E-state index contributed by atoms with van der Waals surface area (Å²) < 4.78 is 12.2. The van der Waals surface area contributed by atoms with E-state index in [9.17, 15) is 14.7 Å². The van der Waals surface area contributed by atoms with Crippen molar-refractivity contribution in [2.24, 2.45) is 0 Å². The van der Waals surface area contributed by atoms with Crippen molar-refractivity contribution in [2.45, 2.75) is 55.7 Å². The molecule has 0 bridgehead atoms. The molecule has 2 heterocycles. The molecule has 0 spiro atoms. The Kier molecular flexibility index (Phi) is 11.2. The Hall–Kier alpha value is -3.86. The second-order valence-electron chi connectivity index (χ2n) is 10.4. The smallest absolute Gasteiger partial charge is 0.301 e. The van der Waals surface area contributed by atoms with Crippen LogP contribution in [-0.2, 0) is 15.3 Å². The van der Waals surface area contributed by atoms with Crippen molar-refractivity contribution in [1.29, 1.82) is 0 Å². The number of carbonyl (C=O) groups excluding carboxylic acids is 2. The van der Waals surface area contributed by atoms with Gasteiger partial charge in [-0.2, -0.15) is 0 Å². The number of hydrogen-bond acceptors (Lipinski definition) is 9. The van der Waals surface area contributed by atoms with E-state index in [1.807, 2.05) is 24.3 Å². The van der Waals surface area contributed by atoms with Gasteiger partial charge in [0, 0.05) is 16.3 Å². The van der Waals surface area contributed by atoms with E-state index in [0.717, 1.165) is 31.2 Å². The van der Waals surface area contributed by atoms with Crippen molar-refractivity contribution in [3.05, 3.63) is 100 Å². The minimum Gasteiger partial charge on any atom is -0.507 e. The van der Waals surface area contributed by atoms with Crippen molar-refractivity contribution >= 4 is 57.3 Å². The number of rotatable bonds is 14. The number of benzene rings is 3. The van der Waals surface area contributed by atoms with Crippen LogP contribution in [-0.4, -0.2) is 40.2 Å². The van der Waals surface area contributed by atoms with Crippen LogP contribution in [0.15, 0.2) is 82.7 Å². The minimum absolute atomic E-state index is 0.0233. The van der Waals surface area contributed by atoms with Crippen LogP contribution in [0.3, 0.4) is 0 Å². The molecule has 45 heavy (non-hydrogen) atoms. The molecule has 4 aromatic rings. The van der Waals surface area contributed by atoms with E-state index in [-0.39, 0.29) is 16.5 Å². The zero-order valence-electron chi connectivity index (χ0n) is 25.1. The molecule has 0 radical (unpaired) electrons. The number of ketones is 1. The lowest BCUT2D eigenvalue weighted by Gasteiger charge is -2.22. The number of halogens is 1. The first-order chi connectivity index (χ1) is 21.9. The van der Waals surface area contributed by atoms with Gasteiger partial charge < -0.3 is 14.6 Å². The maximum absolute atomic E-state index is 13.6. The third-order valence-electron chi connectivity index (χ3n) is 7.18. The molecule has 0 aliphatic carbocycles. The standard InChI is InChI=1S/C34H34ClN3O5S2/c1-3-5-19-42-26-15-9-23(10-16-26)29-28(30(39)24-11-17-27(18-12-24)43-20-6-4-2)31(40)32(41)38(29)33-36-37-34(45-33)44-21-22-7-13-25(35)14-8-22/h7-18,29,39H,3-6,19-21H2,1-2H3/b30-28-. The molecule has 3 aromatic carbocycles. The monoisotopic (exact) mass is 663 g/mol. The van der Waals surface area contributed by atoms with E-state index in [0.29, 0.717) is 51.0 Å². The average molecular weight is 664 g/mol. The number of hydrogen-bond donors (Lipinski definition) is 1. The Morgan fingerprint density at radius 2 is 1.49 bits per heavy atom. The fourth-order valence-corrected chi connectivity index (χ4v) is 6.66. The molecule has 1 fully saturated rings. The number of aliphatic hydroxyl groups excluding tert-OH is 1. The molecular formula is C34H34ClN3O5S2. The third-order valence-corrected chi connectivity index (χ3v) is 9.56. The third kappa shape index (κ3) is 7.87. The van der Waals surface area contributed by atoms with E-state index in [4.69, 9.17) is 21.1 Å². The highest BCUT2D eigenvalue weighted by molar-refractivity contribution is 8.00. The number of ether oxygens (including phenoxy) is 2. The largest absolute Gasteiger partial charge is 0.507 e. The van der Waals surface area contributed by atoms with Gasteiger partial charge in [0.2, 0.25) is 5.13 Å². The Morgan fingerprint density at radius 3 is 2.09 bits per heavy atom. The van der Waals surface area contributed by atoms with Crippen LogP contribution in [0.5, 0.6) is 11.5 Å². The Morgan fingerprint density at radius 1 is 0.889 bits per heavy atom.